The maximum atomic E-state index is 12.3. The molecule has 0 aliphatic heterocycles. The first-order valence-corrected chi connectivity index (χ1v) is 6.68. The van der Waals surface area contributed by atoms with Gasteiger partial charge in [-0.05, 0) is 19.1 Å². The van der Waals surface area contributed by atoms with Crippen LogP contribution in [0.1, 0.15) is 17.4 Å². The van der Waals surface area contributed by atoms with E-state index in [9.17, 15) is 25.0 Å². The van der Waals surface area contributed by atoms with E-state index in [4.69, 9.17) is 11.6 Å². The number of rotatable bonds is 5. The standard InChI is InChI=1S/C12H10ClN5O5/c1-2-16-11(10(6-14-16)18(22)23)12(19)15-8-4-3-7(13)5-9(8)17(20)21/h3-6H,2H2,1H3,(H,15,19). The molecule has 2 aromatic rings. The van der Waals surface area contributed by atoms with Gasteiger partial charge < -0.3 is 5.32 Å². The van der Waals surface area contributed by atoms with Crippen LogP contribution in [0.3, 0.4) is 0 Å². The largest absolute Gasteiger partial charge is 0.320 e. The van der Waals surface area contributed by atoms with Gasteiger partial charge in [-0.15, -0.1) is 0 Å². The minimum Gasteiger partial charge on any atom is -0.315 e. The Kier molecular flexibility index (Phi) is 4.55. The maximum absolute atomic E-state index is 12.3. The van der Waals surface area contributed by atoms with E-state index in [-0.39, 0.29) is 22.9 Å². The van der Waals surface area contributed by atoms with E-state index >= 15 is 0 Å². The molecule has 0 aliphatic carbocycles. The molecule has 0 radical (unpaired) electrons. The van der Waals surface area contributed by atoms with Crippen LogP contribution in [0.4, 0.5) is 17.1 Å². The van der Waals surface area contributed by atoms with Crippen LogP contribution in [0.25, 0.3) is 0 Å². The summed E-state index contributed by atoms with van der Waals surface area (Å²) >= 11 is 5.69. The molecule has 120 valence electrons. The Balaban J connectivity index is 2.43. The van der Waals surface area contributed by atoms with Crippen molar-refractivity contribution in [1.82, 2.24) is 9.78 Å². The zero-order valence-corrected chi connectivity index (χ0v) is 12.5. The van der Waals surface area contributed by atoms with Crippen LogP contribution in [-0.2, 0) is 6.54 Å². The summed E-state index contributed by atoms with van der Waals surface area (Å²) in [5.74, 6) is -0.874. The number of nitro groups is 2. The van der Waals surface area contributed by atoms with Crippen molar-refractivity contribution in [3.63, 3.8) is 0 Å². The molecule has 1 heterocycles. The number of aromatic nitrogens is 2. The molecule has 2 rings (SSSR count). The Hall–Kier alpha value is -3.01. The number of carbonyl (C=O) groups is 1. The molecule has 0 saturated heterocycles. The SMILES string of the molecule is CCn1ncc([N+](=O)[O-])c1C(=O)Nc1ccc(Cl)cc1[N+](=O)[O-]. The van der Waals surface area contributed by atoms with Gasteiger partial charge in [-0.2, -0.15) is 5.10 Å². The van der Waals surface area contributed by atoms with E-state index in [1.54, 1.807) is 6.92 Å². The van der Waals surface area contributed by atoms with Crippen LogP contribution < -0.4 is 5.32 Å². The van der Waals surface area contributed by atoms with Crippen LogP contribution >= 0.6 is 11.6 Å². The normalized spacial score (nSPS) is 10.3. The molecule has 0 spiro atoms. The van der Waals surface area contributed by atoms with E-state index in [2.05, 4.69) is 10.4 Å². The Labute approximate surface area is 134 Å². The minimum atomic E-state index is -0.874. The summed E-state index contributed by atoms with van der Waals surface area (Å²) in [7, 11) is 0. The number of nitrogens with zero attached hydrogens (tertiary/aromatic N) is 4. The molecule has 1 N–H and O–H groups in total. The third kappa shape index (κ3) is 3.26. The fourth-order valence-electron chi connectivity index (χ4n) is 1.93. The second-order valence-electron chi connectivity index (χ2n) is 4.32. The Morgan fingerprint density at radius 2 is 1.96 bits per heavy atom. The summed E-state index contributed by atoms with van der Waals surface area (Å²) in [4.78, 5) is 32.8. The number of hydrogen-bond donors (Lipinski definition) is 1. The smallest absolute Gasteiger partial charge is 0.315 e. The number of hydrogen-bond acceptors (Lipinski definition) is 6. The van der Waals surface area contributed by atoms with E-state index in [0.717, 1.165) is 16.9 Å². The molecule has 0 unspecified atom stereocenters. The molecule has 0 aliphatic rings. The summed E-state index contributed by atoms with van der Waals surface area (Å²) in [6.45, 7) is 1.87. The van der Waals surface area contributed by atoms with Crippen LogP contribution in [0.2, 0.25) is 5.02 Å². The number of amides is 1. The summed E-state index contributed by atoms with van der Waals surface area (Å²) in [5, 5.41) is 28.1. The lowest BCUT2D eigenvalue weighted by molar-refractivity contribution is -0.385. The molecule has 1 amide bonds. The first-order valence-electron chi connectivity index (χ1n) is 6.30. The first-order chi connectivity index (χ1) is 10.8. The second-order valence-corrected chi connectivity index (χ2v) is 4.76. The number of aryl methyl sites for hydroxylation is 1. The predicted octanol–water partition coefficient (Wildman–Crippen LogP) is 2.63. The number of halogens is 1. The lowest BCUT2D eigenvalue weighted by Gasteiger charge is -2.07. The van der Waals surface area contributed by atoms with Gasteiger partial charge in [0.15, 0.2) is 0 Å². The highest BCUT2D eigenvalue weighted by molar-refractivity contribution is 6.31. The second kappa shape index (κ2) is 6.40. The zero-order valence-electron chi connectivity index (χ0n) is 11.7. The van der Waals surface area contributed by atoms with Crippen molar-refractivity contribution >= 4 is 34.6 Å². The van der Waals surface area contributed by atoms with Crippen molar-refractivity contribution in [3.8, 4) is 0 Å². The highest BCUT2D eigenvalue weighted by Gasteiger charge is 2.28. The van der Waals surface area contributed by atoms with E-state index in [1.807, 2.05) is 0 Å². The molecule has 1 aromatic heterocycles. The fourth-order valence-corrected chi connectivity index (χ4v) is 2.09. The Morgan fingerprint density at radius 1 is 1.30 bits per heavy atom. The van der Waals surface area contributed by atoms with Crippen LogP contribution in [0.5, 0.6) is 0 Å². The molecular formula is C12H10ClN5O5. The van der Waals surface area contributed by atoms with E-state index < -0.39 is 27.1 Å². The molecule has 0 atom stereocenters. The lowest BCUT2D eigenvalue weighted by Crippen LogP contribution is -2.19. The van der Waals surface area contributed by atoms with Gasteiger partial charge in [-0.1, -0.05) is 11.6 Å². The van der Waals surface area contributed by atoms with Crippen molar-refractivity contribution in [2.75, 3.05) is 5.32 Å². The van der Waals surface area contributed by atoms with E-state index in [1.165, 1.54) is 12.1 Å². The van der Waals surface area contributed by atoms with Crippen LogP contribution in [-0.4, -0.2) is 25.5 Å². The molecule has 10 nitrogen and oxygen atoms in total. The number of nitrogens with one attached hydrogen (secondary N) is 1. The third-order valence-electron chi connectivity index (χ3n) is 2.94. The molecular weight excluding hydrogens is 330 g/mol. The van der Waals surface area contributed by atoms with Crippen LogP contribution in [0.15, 0.2) is 24.4 Å². The first kappa shape index (κ1) is 16.4. The van der Waals surface area contributed by atoms with Crippen molar-refractivity contribution in [2.24, 2.45) is 0 Å². The lowest BCUT2D eigenvalue weighted by atomic mass is 10.2. The van der Waals surface area contributed by atoms with Gasteiger partial charge >= 0.3 is 5.69 Å². The number of anilines is 1. The number of benzene rings is 1. The highest BCUT2D eigenvalue weighted by Crippen LogP contribution is 2.29. The van der Waals surface area contributed by atoms with E-state index in [0.29, 0.717) is 0 Å². The fraction of sp³-hybridized carbons (Fsp3) is 0.167. The van der Waals surface area contributed by atoms with Crippen molar-refractivity contribution < 1.29 is 14.6 Å². The van der Waals surface area contributed by atoms with Crippen molar-refractivity contribution in [3.05, 3.63) is 55.3 Å². The van der Waals surface area contributed by atoms with Crippen LogP contribution in [0, 0.1) is 20.2 Å². The molecule has 0 fully saturated rings. The van der Waals surface area contributed by atoms with Crippen molar-refractivity contribution in [2.45, 2.75) is 13.5 Å². The number of nitro benzene ring substituents is 1. The van der Waals surface area contributed by atoms with Gasteiger partial charge in [0.2, 0.25) is 5.69 Å². The number of carbonyl (C=O) groups excluding carboxylic acids is 1. The average Bonchev–Trinajstić information content (AvgIpc) is 2.93. The monoisotopic (exact) mass is 339 g/mol. The average molecular weight is 340 g/mol. The predicted molar refractivity (Wildman–Crippen MR) is 80.6 cm³/mol. The summed E-state index contributed by atoms with van der Waals surface area (Å²) in [5.41, 5.74) is -1.32. The Bertz CT molecular complexity index is 803. The van der Waals surface area contributed by atoms with Gasteiger partial charge in [0, 0.05) is 17.6 Å². The Morgan fingerprint density at radius 3 is 2.52 bits per heavy atom. The third-order valence-corrected chi connectivity index (χ3v) is 3.17. The molecule has 23 heavy (non-hydrogen) atoms. The minimum absolute atomic E-state index is 0.123. The molecule has 11 heteroatoms. The quantitative estimate of drug-likeness (QED) is 0.657. The summed E-state index contributed by atoms with van der Waals surface area (Å²) in [6.07, 6.45) is 0.953. The summed E-state index contributed by atoms with van der Waals surface area (Å²) < 4.78 is 1.13. The van der Waals surface area contributed by atoms with Gasteiger partial charge in [-0.25, -0.2) is 0 Å². The maximum Gasteiger partial charge on any atom is 0.320 e. The topological polar surface area (TPSA) is 133 Å². The zero-order chi connectivity index (χ0) is 17.1. The van der Waals surface area contributed by atoms with Gasteiger partial charge in [0.1, 0.15) is 11.9 Å². The molecule has 0 saturated carbocycles. The summed E-state index contributed by atoms with van der Waals surface area (Å²) in [6, 6.07) is 3.68. The highest BCUT2D eigenvalue weighted by atomic mass is 35.5. The van der Waals surface area contributed by atoms with Gasteiger partial charge in [0.05, 0.1) is 9.85 Å². The van der Waals surface area contributed by atoms with Gasteiger partial charge in [0.25, 0.3) is 11.6 Å². The van der Waals surface area contributed by atoms with Gasteiger partial charge in [-0.3, -0.25) is 29.7 Å². The molecule has 0 bridgehead atoms. The molecule has 1 aromatic carbocycles. The van der Waals surface area contributed by atoms with Crippen molar-refractivity contribution in [1.29, 1.82) is 0 Å².